The lowest BCUT2D eigenvalue weighted by Gasteiger charge is -2.26. The van der Waals surface area contributed by atoms with Crippen molar-refractivity contribution in [2.24, 2.45) is 0 Å². The van der Waals surface area contributed by atoms with Crippen LogP contribution in [0.2, 0.25) is 0 Å². The molecule has 1 fully saturated rings. The number of carbonyl (C=O) groups excluding carboxylic acids is 1. The molecule has 1 aliphatic heterocycles. The highest BCUT2D eigenvalue weighted by Crippen LogP contribution is 2.08. The van der Waals surface area contributed by atoms with Crippen LogP contribution >= 0.6 is 0 Å². The molecule has 1 aliphatic rings. The molecular weight excluding hydrogens is 204 g/mol. The van der Waals surface area contributed by atoms with E-state index in [1.165, 1.54) is 5.56 Å². The molecular formula is C12H16N2O2. The van der Waals surface area contributed by atoms with Gasteiger partial charge in [-0.25, -0.2) is 0 Å². The zero-order valence-corrected chi connectivity index (χ0v) is 9.32. The minimum absolute atomic E-state index is 0.0178. The predicted molar refractivity (Wildman–Crippen MR) is 62.4 cm³/mol. The molecule has 4 heteroatoms. The van der Waals surface area contributed by atoms with Gasteiger partial charge in [-0.05, 0) is 19.1 Å². The Morgan fingerprint density at radius 2 is 2.06 bits per heavy atom. The highest BCUT2D eigenvalue weighted by Gasteiger charge is 2.18. The van der Waals surface area contributed by atoms with Crippen molar-refractivity contribution in [2.75, 3.05) is 25.1 Å². The van der Waals surface area contributed by atoms with Gasteiger partial charge in [0.2, 0.25) is 5.91 Å². The van der Waals surface area contributed by atoms with Crippen molar-refractivity contribution in [3.05, 3.63) is 29.8 Å². The summed E-state index contributed by atoms with van der Waals surface area (Å²) < 4.78 is 5.00. The van der Waals surface area contributed by atoms with Crippen molar-refractivity contribution in [2.45, 2.75) is 13.0 Å². The normalized spacial score (nSPS) is 15.6. The van der Waals surface area contributed by atoms with Gasteiger partial charge < -0.3 is 15.4 Å². The van der Waals surface area contributed by atoms with Crippen molar-refractivity contribution in [1.29, 1.82) is 0 Å². The van der Waals surface area contributed by atoms with Gasteiger partial charge in [-0.2, -0.15) is 0 Å². The van der Waals surface area contributed by atoms with Crippen molar-refractivity contribution in [3.8, 4) is 0 Å². The molecule has 0 saturated carbocycles. The van der Waals surface area contributed by atoms with Gasteiger partial charge in [0.25, 0.3) is 0 Å². The lowest BCUT2D eigenvalue weighted by molar-refractivity contribution is -0.116. The SMILES string of the molecule is Cc1ccc(NC(=O)CNC2COC2)cc1. The molecule has 16 heavy (non-hydrogen) atoms. The number of carbonyl (C=O) groups is 1. The highest BCUT2D eigenvalue weighted by atomic mass is 16.5. The molecule has 1 aromatic rings. The number of ether oxygens (including phenoxy) is 1. The fourth-order valence-corrected chi connectivity index (χ4v) is 1.43. The monoisotopic (exact) mass is 220 g/mol. The molecule has 2 rings (SSSR count). The third-order valence-corrected chi connectivity index (χ3v) is 2.52. The Bertz CT molecular complexity index is 358. The van der Waals surface area contributed by atoms with E-state index in [-0.39, 0.29) is 5.91 Å². The highest BCUT2D eigenvalue weighted by molar-refractivity contribution is 5.92. The van der Waals surface area contributed by atoms with Gasteiger partial charge in [0.15, 0.2) is 0 Å². The second-order valence-electron chi connectivity index (χ2n) is 4.03. The smallest absolute Gasteiger partial charge is 0.238 e. The summed E-state index contributed by atoms with van der Waals surface area (Å²) in [5, 5.41) is 5.94. The zero-order valence-electron chi connectivity index (χ0n) is 9.32. The standard InChI is InChI=1S/C12H16N2O2/c1-9-2-4-10(5-3-9)14-12(15)6-13-11-7-16-8-11/h2-5,11,13H,6-8H2,1H3,(H,14,15). The Hall–Kier alpha value is -1.39. The average molecular weight is 220 g/mol. The molecule has 0 unspecified atom stereocenters. The van der Waals surface area contributed by atoms with Crippen LogP contribution in [-0.4, -0.2) is 31.7 Å². The number of anilines is 1. The van der Waals surface area contributed by atoms with E-state index >= 15 is 0 Å². The molecule has 1 aromatic carbocycles. The van der Waals surface area contributed by atoms with Crippen LogP contribution in [0.25, 0.3) is 0 Å². The van der Waals surface area contributed by atoms with Gasteiger partial charge in [-0.1, -0.05) is 17.7 Å². The first-order valence-electron chi connectivity index (χ1n) is 5.42. The molecule has 86 valence electrons. The summed E-state index contributed by atoms with van der Waals surface area (Å²) >= 11 is 0. The number of nitrogens with one attached hydrogen (secondary N) is 2. The Morgan fingerprint density at radius 3 is 2.62 bits per heavy atom. The van der Waals surface area contributed by atoms with Crippen LogP contribution < -0.4 is 10.6 Å². The first-order valence-corrected chi connectivity index (χ1v) is 5.42. The Balaban J connectivity index is 1.75. The van der Waals surface area contributed by atoms with Gasteiger partial charge in [-0.3, -0.25) is 4.79 Å². The summed E-state index contributed by atoms with van der Waals surface area (Å²) in [6.45, 7) is 3.77. The van der Waals surface area contributed by atoms with Crippen LogP contribution in [-0.2, 0) is 9.53 Å². The number of amides is 1. The lowest BCUT2D eigenvalue weighted by atomic mass is 10.2. The van der Waals surface area contributed by atoms with Crippen molar-refractivity contribution in [3.63, 3.8) is 0 Å². The lowest BCUT2D eigenvalue weighted by Crippen LogP contribution is -2.48. The largest absolute Gasteiger partial charge is 0.378 e. The van der Waals surface area contributed by atoms with E-state index in [1.54, 1.807) is 0 Å². The van der Waals surface area contributed by atoms with Crippen LogP contribution in [0.3, 0.4) is 0 Å². The summed E-state index contributed by atoms with van der Waals surface area (Å²) in [5.74, 6) is -0.0178. The minimum atomic E-state index is -0.0178. The Labute approximate surface area is 95.0 Å². The Kier molecular flexibility index (Phi) is 3.54. The van der Waals surface area contributed by atoms with E-state index in [0.717, 1.165) is 5.69 Å². The number of rotatable bonds is 4. The Morgan fingerprint density at radius 1 is 1.38 bits per heavy atom. The molecule has 0 atom stereocenters. The first-order chi connectivity index (χ1) is 7.74. The van der Waals surface area contributed by atoms with E-state index in [0.29, 0.717) is 25.8 Å². The number of hydrogen-bond acceptors (Lipinski definition) is 3. The maximum atomic E-state index is 11.5. The number of hydrogen-bond donors (Lipinski definition) is 2. The summed E-state index contributed by atoms with van der Waals surface area (Å²) in [4.78, 5) is 11.5. The van der Waals surface area contributed by atoms with Crippen LogP contribution in [0.4, 0.5) is 5.69 Å². The van der Waals surface area contributed by atoms with Crippen LogP contribution in [0.15, 0.2) is 24.3 Å². The zero-order chi connectivity index (χ0) is 11.4. The molecule has 0 aromatic heterocycles. The fourth-order valence-electron chi connectivity index (χ4n) is 1.43. The van der Waals surface area contributed by atoms with E-state index in [4.69, 9.17) is 4.74 Å². The minimum Gasteiger partial charge on any atom is -0.378 e. The average Bonchev–Trinajstić information content (AvgIpc) is 2.19. The molecule has 0 spiro atoms. The van der Waals surface area contributed by atoms with E-state index in [1.807, 2.05) is 31.2 Å². The van der Waals surface area contributed by atoms with Crippen LogP contribution in [0, 0.1) is 6.92 Å². The number of benzene rings is 1. The topological polar surface area (TPSA) is 50.4 Å². The summed E-state index contributed by atoms with van der Waals surface area (Å²) in [7, 11) is 0. The maximum absolute atomic E-state index is 11.5. The molecule has 2 N–H and O–H groups in total. The summed E-state index contributed by atoms with van der Waals surface area (Å²) in [5.41, 5.74) is 2.02. The van der Waals surface area contributed by atoms with Crippen molar-refractivity contribution < 1.29 is 9.53 Å². The molecule has 4 nitrogen and oxygen atoms in total. The van der Waals surface area contributed by atoms with E-state index < -0.39 is 0 Å². The van der Waals surface area contributed by atoms with Crippen molar-refractivity contribution in [1.82, 2.24) is 5.32 Å². The van der Waals surface area contributed by atoms with Gasteiger partial charge in [0.1, 0.15) is 0 Å². The molecule has 0 aliphatic carbocycles. The quantitative estimate of drug-likeness (QED) is 0.793. The van der Waals surface area contributed by atoms with Crippen LogP contribution in [0.1, 0.15) is 5.56 Å². The summed E-state index contributed by atoms with van der Waals surface area (Å²) in [6.07, 6.45) is 0. The molecule has 0 radical (unpaired) electrons. The molecule has 0 bridgehead atoms. The van der Waals surface area contributed by atoms with E-state index in [9.17, 15) is 4.79 Å². The van der Waals surface area contributed by atoms with Gasteiger partial charge in [-0.15, -0.1) is 0 Å². The summed E-state index contributed by atoms with van der Waals surface area (Å²) in [6, 6.07) is 8.09. The second kappa shape index (κ2) is 5.09. The maximum Gasteiger partial charge on any atom is 0.238 e. The first kappa shape index (κ1) is 11.1. The fraction of sp³-hybridized carbons (Fsp3) is 0.417. The number of aryl methyl sites for hydroxylation is 1. The molecule has 1 heterocycles. The van der Waals surface area contributed by atoms with Crippen molar-refractivity contribution >= 4 is 11.6 Å². The van der Waals surface area contributed by atoms with E-state index in [2.05, 4.69) is 10.6 Å². The van der Waals surface area contributed by atoms with Gasteiger partial charge in [0.05, 0.1) is 25.8 Å². The van der Waals surface area contributed by atoms with Gasteiger partial charge >= 0.3 is 0 Å². The predicted octanol–water partition coefficient (Wildman–Crippen LogP) is 0.922. The molecule has 1 amide bonds. The molecule has 1 saturated heterocycles. The van der Waals surface area contributed by atoms with Crippen LogP contribution in [0.5, 0.6) is 0 Å². The van der Waals surface area contributed by atoms with Gasteiger partial charge in [0, 0.05) is 5.69 Å². The second-order valence-corrected chi connectivity index (χ2v) is 4.03. The third kappa shape index (κ3) is 3.05. The third-order valence-electron chi connectivity index (χ3n) is 2.52.